The van der Waals surface area contributed by atoms with Crippen LogP contribution >= 0.6 is 11.9 Å². The van der Waals surface area contributed by atoms with E-state index in [4.69, 9.17) is 0 Å². The summed E-state index contributed by atoms with van der Waals surface area (Å²) < 4.78 is 4.43. The summed E-state index contributed by atoms with van der Waals surface area (Å²) in [6, 6.07) is 0. The molecule has 4 nitrogen and oxygen atoms in total. The first kappa shape index (κ1) is 8.87. The van der Waals surface area contributed by atoms with Crippen LogP contribution in [0.4, 0.5) is 0 Å². The average Bonchev–Trinajstić information content (AvgIpc) is 2.62. The van der Waals surface area contributed by atoms with Gasteiger partial charge in [0.1, 0.15) is 12.5 Å². The minimum absolute atomic E-state index is 0.546. The van der Waals surface area contributed by atoms with Crippen molar-refractivity contribution in [1.29, 1.82) is 0 Å². The molecule has 0 amide bonds. The molecule has 0 saturated carbocycles. The van der Waals surface area contributed by atoms with Crippen LogP contribution in [0.15, 0.2) is 9.50 Å². The largest absolute Gasteiger partial charge is 0.287 e. The van der Waals surface area contributed by atoms with Crippen molar-refractivity contribution < 1.29 is 0 Å². The van der Waals surface area contributed by atoms with Gasteiger partial charge in [-0.2, -0.15) is 9.50 Å². The zero-order chi connectivity index (χ0) is 9.26. The highest BCUT2D eigenvalue weighted by molar-refractivity contribution is 8.13. The van der Waals surface area contributed by atoms with Crippen molar-refractivity contribution in [2.45, 2.75) is 26.7 Å². The molecule has 1 unspecified atom stereocenters. The maximum absolute atomic E-state index is 4.43. The molecule has 1 atom stereocenters. The first-order valence-electron chi connectivity index (χ1n) is 4.66. The van der Waals surface area contributed by atoms with Crippen LogP contribution in [-0.4, -0.2) is 22.6 Å². The van der Waals surface area contributed by atoms with Gasteiger partial charge in [0.2, 0.25) is 5.17 Å². The number of amidine groups is 2. The molecule has 0 radical (unpaired) electrons. The molecule has 2 rings (SSSR count). The molecule has 0 aliphatic carbocycles. The van der Waals surface area contributed by atoms with Gasteiger partial charge in [-0.25, -0.2) is 0 Å². The van der Waals surface area contributed by atoms with Crippen molar-refractivity contribution in [3.63, 3.8) is 0 Å². The standard InChI is InChI=1S/C8H14N4S/c1-3-4-6(2)7-11-13-8-10-9-5-12(7)8/h6,9H,3-5H2,1-2H3. The first-order chi connectivity index (χ1) is 6.33. The van der Waals surface area contributed by atoms with Gasteiger partial charge in [0.05, 0.1) is 11.9 Å². The maximum atomic E-state index is 4.43. The van der Waals surface area contributed by atoms with E-state index in [0.29, 0.717) is 5.92 Å². The van der Waals surface area contributed by atoms with E-state index in [1.165, 1.54) is 30.6 Å². The van der Waals surface area contributed by atoms with E-state index in [1.54, 1.807) is 0 Å². The Kier molecular flexibility index (Phi) is 2.44. The van der Waals surface area contributed by atoms with Crippen LogP contribution in [0.1, 0.15) is 26.7 Å². The Morgan fingerprint density at radius 2 is 2.54 bits per heavy atom. The molecule has 0 aromatic rings. The van der Waals surface area contributed by atoms with E-state index < -0.39 is 0 Å². The number of nitrogens with one attached hydrogen (secondary N) is 1. The van der Waals surface area contributed by atoms with Crippen molar-refractivity contribution in [3.05, 3.63) is 0 Å². The van der Waals surface area contributed by atoms with E-state index in [9.17, 15) is 0 Å². The van der Waals surface area contributed by atoms with E-state index in [2.05, 4.69) is 33.7 Å². The van der Waals surface area contributed by atoms with Crippen LogP contribution in [0.25, 0.3) is 0 Å². The molecule has 13 heavy (non-hydrogen) atoms. The van der Waals surface area contributed by atoms with Crippen LogP contribution in [-0.2, 0) is 0 Å². The molecule has 5 heteroatoms. The molecule has 2 heterocycles. The molecule has 2 aliphatic rings. The predicted octanol–water partition coefficient (Wildman–Crippen LogP) is 1.62. The quantitative estimate of drug-likeness (QED) is 0.700. The Labute approximate surface area is 82.6 Å². The Bertz CT molecular complexity index is 261. The fraction of sp³-hybridized carbons (Fsp3) is 0.750. The second-order valence-corrected chi connectivity index (χ2v) is 4.10. The minimum Gasteiger partial charge on any atom is -0.287 e. The van der Waals surface area contributed by atoms with Gasteiger partial charge in [-0.05, 0) is 6.42 Å². The highest BCUT2D eigenvalue weighted by atomic mass is 32.2. The molecule has 0 fully saturated rings. The van der Waals surface area contributed by atoms with Crippen molar-refractivity contribution in [2.75, 3.05) is 6.67 Å². The number of hydrogen-bond acceptors (Lipinski definition) is 5. The molecular formula is C8H14N4S. The summed E-state index contributed by atoms with van der Waals surface area (Å²) in [7, 11) is 0. The third-order valence-electron chi connectivity index (χ3n) is 2.29. The molecule has 0 aromatic carbocycles. The summed E-state index contributed by atoms with van der Waals surface area (Å²) in [6.45, 7) is 5.22. The van der Waals surface area contributed by atoms with Crippen molar-refractivity contribution in [1.82, 2.24) is 10.3 Å². The Morgan fingerprint density at radius 3 is 3.31 bits per heavy atom. The summed E-state index contributed by atoms with van der Waals surface area (Å²) in [5, 5.41) is 5.13. The number of nitrogens with zero attached hydrogens (tertiary/aromatic N) is 3. The van der Waals surface area contributed by atoms with Gasteiger partial charge in [0.25, 0.3) is 0 Å². The van der Waals surface area contributed by atoms with Gasteiger partial charge in [-0.1, -0.05) is 20.3 Å². The van der Waals surface area contributed by atoms with Crippen LogP contribution in [0.3, 0.4) is 0 Å². The molecule has 0 bridgehead atoms. The van der Waals surface area contributed by atoms with Crippen LogP contribution < -0.4 is 5.43 Å². The Morgan fingerprint density at radius 1 is 1.69 bits per heavy atom. The first-order valence-corrected chi connectivity index (χ1v) is 5.43. The fourth-order valence-electron chi connectivity index (χ4n) is 1.61. The third-order valence-corrected chi connectivity index (χ3v) is 3.05. The van der Waals surface area contributed by atoms with Gasteiger partial charge in [-0.3, -0.25) is 10.3 Å². The zero-order valence-electron chi connectivity index (χ0n) is 7.95. The van der Waals surface area contributed by atoms with E-state index in [-0.39, 0.29) is 0 Å². The average molecular weight is 198 g/mol. The van der Waals surface area contributed by atoms with Gasteiger partial charge in [0.15, 0.2) is 0 Å². The SMILES string of the molecule is CCCC(C)C1=NSC2=NNCN21. The second kappa shape index (κ2) is 3.57. The topological polar surface area (TPSA) is 40.0 Å². The lowest BCUT2D eigenvalue weighted by Crippen LogP contribution is -2.34. The molecule has 0 saturated heterocycles. The lowest BCUT2D eigenvalue weighted by molar-refractivity contribution is 0.541. The third kappa shape index (κ3) is 1.52. The normalized spacial score (nSPS) is 22.2. The summed E-state index contributed by atoms with van der Waals surface area (Å²) in [6.07, 6.45) is 2.40. The molecule has 0 aromatic heterocycles. The second-order valence-electron chi connectivity index (χ2n) is 3.37. The molecule has 2 aliphatic heterocycles. The van der Waals surface area contributed by atoms with Crippen molar-refractivity contribution in [2.24, 2.45) is 15.4 Å². The van der Waals surface area contributed by atoms with Crippen LogP contribution in [0.2, 0.25) is 0 Å². The summed E-state index contributed by atoms with van der Waals surface area (Å²) in [5.41, 5.74) is 2.96. The van der Waals surface area contributed by atoms with E-state index in [1.807, 2.05) is 0 Å². The molecule has 0 spiro atoms. The number of hydrazone groups is 1. The number of rotatable bonds is 3. The minimum atomic E-state index is 0.546. The van der Waals surface area contributed by atoms with E-state index in [0.717, 1.165) is 11.8 Å². The highest BCUT2D eigenvalue weighted by Gasteiger charge is 2.31. The van der Waals surface area contributed by atoms with Gasteiger partial charge >= 0.3 is 0 Å². The van der Waals surface area contributed by atoms with Crippen molar-refractivity contribution in [3.8, 4) is 0 Å². The Balaban J connectivity index is 2.04. The summed E-state index contributed by atoms with van der Waals surface area (Å²) in [4.78, 5) is 2.16. The van der Waals surface area contributed by atoms with Gasteiger partial charge < -0.3 is 0 Å². The maximum Gasteiger partial charge on any atom is 0.212 e. The van der Waals surface area contributed by atoms with E-state index >= 15 is 0 Å². The highest BCUT2D eigenvalue weighted by Crippen LogP contribution is 2.26. The fourth-order valence-corrected chi connectivity index (χ4v) is 2.42. The van der Waals surface area contributed by atoms with Gasteiger partial charge in [-0.15, -0.1) is 0 Å². The predicted molar refractivity (Wildman–Crippen MR) is 56.4 cm³/mol. The van der Waals surface area contributed by atoms with Gasteiger partial charge in [0, 0.05) is 5.92 Å². The molecular weight excluding hydrogens is 184 g/mol. The lowest BCUT2D eigenvalue weighted by atomic mass is 10.0. The number of hydrogen-bond donors (Lipinski definition) is 1. The zero-order valence-corrected chi connectivity index (χ0v) is 8.77. The smallest absolute Gasteiger partial charge is 0.212 e. The lowest BCUT2D eigenvalue weighted by Gasteiger charge is -2.18. The number of fused-ring (bicyclic) bond motifs is 1. The Hall–Kier alpha value is -0.710. The summed E-state index contributed by atoms with van der Waals surface area (Å²) in [5.74, 6) is 1.72. The molecule has 72 valence electrons. The van der Waals surface area contributed by atoms with Crippen LogP contribution in [0.5, 0.6) is 0 Å². The summed E-state index contributed by atoms with van der Waals surface area (Å²) >= 11 is 1.48. The monoisotopic (exact) mass is 198 g/mol. The van der Waals surface area contributed by atoms with Crippen molar-refractivity contribution >= 4 is 23.0 Å². The van der Waals surface area contributed by atoms with Crippen LogP contribution in [0, 0.1) is 5.92 Å². The molecule has 1 N–H and O–H groups in total.